The van der Waals surface area contributed by atoms with Crippen LogP contribution in [0.5, 0.6) is 5.75 Å². The van der Waals surface area contributed by atoms with Crippen LogP contribution in [0.1, 0.15) is 46.8 Å². The third-order valence-corrected chi connectivity index (χ3v) is 5.76. The van der Waals surface area contributed by atoms with Gasteiger partial charge in [0, 0.05) is 28.6 Å². The number of fused-ring (bicyclic) bond motifs is 2. The summed E-state index contributed by atoms with van der Waals surface area (Å²) in [4.78, 5) is 16.1. The largest absolute Gasteiger partial charge is 0.497 e. The Hall–Kier alpha value is -3.27. The molecule has 2 N–H and O–H groups in total. The van der Waals surface area contributed by atoms with Crippen molar-refractivity contribution >= 4 is 23.2 Å². The van der Waals surface area contributed by atoms with Gasteiger partial charge in [-0.05, 0) is 60.7 Å². The highest BCUT2D eigenvalue weighted by Crippen LogP contribution is 2.39. The Kier molecular flexibility index (Phi) is 4.05. The van der Waals surface area contributed by atoms with Crippen LogP contribution in [-0.4, -0.2) is 18.0 Å². The average Bonchev–Trinajstić information content (AvgIpc) is 3.28. The number of aryl methyl sites for hydroxylation is 1. The molecular formula is C24H22N2O2. The van der Waals surface area contributed by atoms with Crippen LogP contribution in [0, 0.1) is 0 Å². The predicted molar refractivity (Wildman–Crippen MR) is 112 cm³/mol. The lowest BCUT2D eigenvalue weighted by atomic mass is 9.82. The third-order valence-electron chi connectivity index (χ3n) is 5.76. The first-order valence-corrected chi connectivity index (χ1v) is 9.71. The molecule has 1 amide bonds. The molecule has 4 nitrogen and oxygen atoms in total. The SMILES string of the molecule is COc1ccc2c(c1)C(=Cc1cc3c([nH]1)CCCC3c1ccccc1)C(=O)N2. The summed E-state index contributed by atoms with van der Waals surface area (Å²) in [5, 5.41) is 2.94. The molecule has 0 fully saturated rings. The molecule has 4 heteroatoms. The number of hydrogen-bond donors (Lipinski definition) is 2. The number of anilines is 1. The van der Waals surface area contributed by atoms with E-state index in [-0.39, 0.29) is 5.91 Å². The topological polar surface area (TPSA) is 54.1 Å². The maximum absolute atomic E-state index is 12.5. The van der Waals surface area contributed by atoms with Gasteiger partial charge < -0.3 is 15.0 Å². The second-order valence-corrected chi connectivity index (χ2v) is 7.44. The standard InChI is InChI=1S/C24H22N2O2/c1-28-17-10-11-23-20(14-17)21(24(27)26-23)13-16-12-19-18(8-5-9-22(19)25-16)15-6-3-2-4-7-15/h2-4,6-7,10-14,18,25H,5,8-9H2,1H3,(H,26,27). The van der Waals surface area contributed by atoms with Crippen LogP contribution in [0.15, 0.2) is 54.6 Å². The monoisotopic (exact) mass is 370 g/mol. The lowest BCUT2D eigenvalue weighted by Crippen LogP contribution is -2.09. The van der Waals surface area contributed by atoms with Gasteiger partial charge in [-0.1, -0.05) is 30.3 Å². The number of aromatic nitrogens is 1. The zero-order chi connectivity index (χ0) is 19.1. The molecule has 1 atom stereocenters. The number of aromatic amines is 1. The molecule has 0 saturated carbocycles. The number of hydrogen-bond acceptors (Lipinski definition) is 2. The molecule has 1 aromatic heterocycles. The molecule has 3 aromatic rings. The highest BCUT2D eigenvalue weighted by atomic mass is 16.5. The van der Waals surface area contributed by atoms with Crippen LogP contribution in [0.4, 0.5) is 5.69 Å². The summed E-state index contributed by atoms with van der Waals surface area (Å²) in [5.74, 6) is 1.09. The average molecular weight is 370 g/mol. The van der Waals surface area contributed by atoms with E-state index in [4.69, 9.17) is 4.74 Å². The van der Waals surface area contributed by atoms with Crippen LogP contribution < -0.4 is 10.1 Å². The van der Waals surface area contributed by atoms with Crippen molar-refractivity contribution in [1.82, 2.24) is 4.98 Å². The Labute approximate surface area is 164 Å². The number of H-pyrrole nitrogens is 1. The molecule has 2 heterocycles. The zero-order valence-electron chi connectivity index (χ0n) is 15.8. The van der Waals surface area contributed by atoms with E-state index >= 15 is 0 Å². The van der Waals surface area contributed by atoms with Gasteiger partial charge in [0.05, 0.1) is 12.7 Å². The first-order valence-electron chi connectivity index (χ1n) is 9.71. The van der Waals surface area contributed by atoms with E-state index in [1.807, 2.05) is 24.3 Å². The summed E-state index contributed by atoms with van der Waals surface area (Å²) in [6.07, 6.45) is 5.34. The van der Waals surface area contributed by atoms with Crippen LogP contribution >= 0.6 is 0 Å². The summed E-state index contributed by atoms with van der Waals surface area (Å²) in [7, 11) is 1.64. The van der Waals surface area contributed by atoms with Gasteiger partial charge in [0.15, 0.2) is 0 Å². The van der Waals surface area contributed by atoms with Gasteiger partial charge in [0.2, 0.25) is 0 Å². The number of amides is 1. The normalized spacial score (nSPS) is 19.2. The maximum atomic E-state index is 12.5. The Balaban J connectivity index is 1.54. The van der Waals surface area contributed by atoms with Gasteiger partial charge in [-0.25, -0.2) is 0 Å². The highest BCUT2D eigenvalue weighted by molar-refractivity contribution is 6.34. The van der Waals surface area contributed by atoms with Crippen molar-refractivity contribution in [3.8, 4) is 5.75 Å². The molecule has 0 saturated heterocycles. The lowest BCUT2D eigenvalue weighted by Gasteiger charge is -2.22. The minimum Gasteiger partial charge on any atom is -0.497 e. The van der Waals surface area contributed by atoms with Crippen LogP contribution in [0.3, 0.4) is 0 Å². The first kappa shape index (κ1) is 16.9. The summed E-state index contributed by atoms with van der Waals surface area (Å²) in [5.41, 5.74) is 7.37. The van der Waals surface area contributed by atoms with Crippen LogP contribution in [0.2, 0.25) is 0 Å². The number of carbonyl (C=O) groups is 1. The second-order valence-electron chi connectivity index (χ2n) is 7.44. The Morgan fingerprint density at radius 3 is 2.79 bits per heavy atom. The van der Waals surface area contributed by atoms with Gasteiger partial charge in [0.25, 0.3) is 5.91 Å². The van der Waals surface area contributed by atoms with E-state index in [2.05, 4.69) is 46.7 Å². The first-order chi connectivity index (χ1) is 13.7. The summed E-state index contributed by atoms with van der Waals surface area (Å²) >= 11 is 0. The number of rotatable bonds is 3. The fourth-order valence-electron chi connectivity index (χ4n) is 4.40. The van der Waals surface area contributed by atoms with Gasteiger partial charge in [-0.2, -0.15) is 0 Å². The Bertz CT molecular complexity index is 1080. The molecule has 5 rings (SSSR count). The molecule has 0 bridgehead atoms. The molecule has 1 unspecified atom stereocenters. The summed E-state index contributed by atoms with van der Waals surface area (Å²) < 4.78 is 5.33. The van der Waals surface area contributed by atoms with Crippen LogP contribution in [0.25, 0.3) is 11.6 Å². The maximum Gasteiger partial charge on any atom is 0.256 e. The minimum absolute atomic E-state index is 0.0737. The van der Waals surface area contributed by atoms with E-state index in [1.54, 1.807) is 7.11 Å². The molecule has 28 heavy (non-hydrogen) atoms. The molecule has 140 valence electrons. The van der Waals surface area contributed by atoms with Gasteiger partial charge >= 0.3 is 0 Å². The minimum atomic E-state index is -0.0737. The number of ether oxygens (including phenoxy) is 1. The zero-order valence-corrected chi connectivity index (χ0v) is 15.8. The van der Waals surface area contributed by atoms with Crippen molar-refractivity contribution in [3.63, 3.8) is 0 Å². The van der Waals surface area contributed by atoms with Crippen molar-refractivity contribution in [1.29, 1.82) is 0 Å². The molecule has 1 aliphatic heterocycles. The quantitative estimate of drug-likeness (QED) is 0.639. The fourth-order valence-corrected chi connectivity index (χ4v) is 4.40. The fraction of sp³-hybridized carbons (Fsp3) is 0.208. The third kappa shape index (κ3) is 2.82. The van der Waals surface area contributed by atoms with E-state index < -0.39 is 0 Å². The lowest BCUT2D eigenvalue weighted by molar-refractivity contribution is -0.110. The van der Waals surface area contributed by atoms with E-state index in [9.17, 15) is 4.79 Å². The second kappa shape index (κ2) is 6.71. The molecule has 0 radical (unpaired) electrons. The number of benzene rings is 2. The van der Waals surface area contributed by atoms with E-state index in [1.165, 1.54) is 23.2 Å². The molecule has 2 aromatic carbocycles. The van der Waals surface area contributed by atoms with Gasteiger partial charge in [0.1, 0.15) is 5.75 Å². The van der Waals surface area contributed by atoms with Crippen molar-refractivity contribution < 1.29 is 9.53 Å². The van der Waals surface area contributed by atoms with Gasteiger partial charge in [-0.15, -0.1) is 0 Å². The van der Waals surface area contributed by atoms with Crippen LogP contribution in [-0.2, 0) is 11.2 Å². The van der Waals surface area contributed by atoms with Crippen molar-refractivity contribution in [3.05, 3.63) is 82.7 Å². The smallest absolute Gasteiger partial charge is 0.256 e. The van der Waals surface area contributed by atoms with Crippen molar-refractivity contribution in [2.24, 2.45) is 0 Å². The van der Waals surface area contributed by atoms with Gasteiger partial charge in [-0.3, -0.25) is 4.79 Å². The number of methoxy groups -OCH3 is 1. The summed E-state index contributed by atoms with van der Waals surface area (Å²) in [6, 6.07) is 18.6. The molecular weight excluding hydrogens is 348 g/mol. The van der Waals surface area contributed by atoms with Crippen molar-refractivity contribution in [2.45, 2.75) is 25.2 Å². The predicted octanol–water partition coefficient (Wildman–Crippen LogP) is 4.98. The summed E-state index contributed by atoms with van der Waals surface area (Å²) in [6.45, 7) is 0. The highest BCUT2D eigenvalue weighted by Gasteiger charge is 2.27. The Morgan fingerprint density at radius 2 is 1.96 bits per heavy atom. The number of carbonyl (C=O) groups excluding carboxylic acids is 1. The molecule has 2 aliphatic rings. The number of nitrogens with one attached hydrogen (secondary N) is 2. The Morgan fingerprint density at radius 1 is 1.11 bits per heavy atom. The molecule has 0 spiro atoms. The van der Waals surface area contributed by atoms with Crippen molar-refractivity contribution in [2.75, 3.05) is 12.4 Å². The van der Waals surface area contributed by atoms with E-state index in [0.29, 0.717) is 11.5 Å². The van der Waals surface area contributed by atoms with E-state index in [0.717, 1.165) is 35.5 Å². The molecule has 1 aliphatic carbocycles.